The lowest BCUT2D eigenvalue weighted by Gasteiger charge is -2.17. The Morgan fingerprint density at radius 3 is 2.70 bits per heavy atom. The van der Waals surface area contributed by atoms with Gasteiger partial charge in [0.15, 0.2) is 6.61 Å². The van der Waals surface area contributed by atoms with Gasteiger partial charge in [-0.05, 0) is 49.4 Å². The molecule has 0 spiro atoms. The van der Waals surface area contributed by atoms with E-state index >= 15 is 0 Å². The summed E-state index contributed by atoms with van der Waals surface area (Å²) in [6.07, 6.45) is 0. The molecule has 0 atom stereocenters. The Labute approximate surface area is 160 Å². The molecular formula is C19H19N3O4S. The molecule has 1 aliphatic rings. The average Bonchev–Trinajstić information content (AvgIpc) is 2.67. The Bertz CT molecular complexity index is 868. The number of nitrogens with one attached hydrogen (secondary N) is 3. The Kier molecular flexibility index (Phi) is 5.97. The van der Waals surface area contributed by atoms with Crippen molar-refractivity contribution in [1.82, 2.24) is 5.32 Å². The highest BCUT2D eigenvalue weighted by atomic mass is 32.2. The minimum absolute atomic E-state index is 0.0571. The SMILES string of the molecule is CCNC(=O)COc1ccc(NC(=O)c2ccc3c(c2)NC(=O)CS3)cc1. The quantitative estimate of drug-likeness (QED) is 0.710. The molecule has 8 heteroatoms. The number of ether oxygens (including phenoxy) is 1. The number of likely N-dealkylation sites (N-methyl/N-ethyl adjacent to an activating group) is 1. The molecule has 0 aromatic heterocycles. The molecule has 3 rings (SSSR count). The second kappa shape index (κ2) is 8.59. The number of rotatable bonds is 6. The number of hydrogen-bond donors (Lipinski definition) is 3. The van der Waals surface area contributed by atoms with Crippen LogP contribution < -0.4 is 20.7 Å². The molecule has 2 aromatic carbocycles. The fourth-order valence-corrected chi connectivity index (χ4v) is 3.25. The van der Waals surface area contributed by atoms with Gasteiger partial charge in [0.25, 0.3) is 11.8 Å². The smallest absolute Gasteiger partial charge is 0.257 e. The molecule has 7 nitrogen and oxygen atoms in total. The van der Waals surface area contributed by atoms with Crippen molar-refractivity contribution in [3.05, 3.63) is 48.0 Å². The van der Waals surface area contributed by atoms with Gasteiger partial charge >= 0.3 is 0 Å². The molecule has 0 bridgehead atoms. The summed E-state index contributed by atoms with van der Waals surface area (Å²) in [6.45, 7) is 2.33. The van der Waals surface area contributed by atoms with Gasteiger partial charge in [-0.15, -0.1) is 11.8 Å². The highest BCUT2D eigenvalue weighted by Crippen LogP contribution is 2.32. The first-order valence-corrected chi connectivity index (χ1v) is 9.41. The third kappa shape index (κ3) is 5.01. The van der Waals surface area contributed by atoms with Gasteiger partial charge in [-0.25, -0.2) is 0 Å². The van der Waals surface area contributed by atoms with Crippen molar-refractivity contribution in [3.63, 3.8) is 0 Å². The number of hydrogen-bond acceptors (Lipinski definition) is 5. The van der Waals surface area contributed by atoms with Gasteiger partial charge < -0.3 is 20.7 Å². The number of anilines is 2. The standard InChI is InChI=1S/C19H19N3O4S/c1-2-20-17(23)10-26-14-6-4-13(5-7-14)21-19(25)12-3-8-16-15(9-12)22-18(24)11-27-16/h3-9H,2,10-11H2,1H3,(H,20,23)(H,21,25)(H,22,24). The van der Waals surface area contributed by atoms with E-state index in [1.807, 2.05) is 13.0 Å². The van der Waals surface area contributed by atoms with Crippen molar-refractivity contribution < 1.29 is 19.1 Å². The summed E-state index contributed by atoms with van der Waals surface area (Å²) in [5.74, 6) is 0.375. The highest BCUT2D eigenvalue weighted by molar-refractivity contribution is 8.00. The number of carbonyl (C=O) groups excluding carboxylic acids is 3. The van der Waals surface area contributed by atoms with Crippen LogP contribution >= 0.6 is 11.8 Å². The average molecular weight is 385 g/mol. The maximum absolute atomic E-state index is 12.4. The minimum atomic E-state index is -0.279. The predicted molar refractivity (Wildman–Crippen MR) is 104 cm³/mol. The van der Waals surface area contributed by atoms with E-state index in [1.54, 1.807) is 36.4 Å². The first-order valence-electron chi connectivity index (χ1n) is 8.43. The summed E-state index contributed by atoms with van der Waals surface area (Å²) < 4.78 is 5.37. The van der Waals surface area contributed by atoms with Crippen molar-refractivity contribution in [1.29, 1.82) is 0 Å². The van der Waals surface area contributed by atoms with Crippen LogP contribution in [0, 0.1) is 0 Å². The van der Waals surface area contributed by atoms with Crippen LogP contribution in [0.3, 0.4) is 0 Å². The Morgan fingerprint density at radius 1 is 1.19 bits per heavy atom. The van der Waals surface area contributed by atoms with Crippen LogP contribution in [0.15, 0.2) is 47.4 Å². The minimum Gasteiger partial charge on any atom is -0.484 e. The second-order valence-electron chi connectivity index (χ2n) is 5.77. The van der Waals surface area contributed by atoms with E-state index < -0.39 is 0 Å². The molecule has 3 amide bonds. The van der Waals surface area contributed by atoms with Crippen molar-refractivity contribution in [2.45, 2.75) is 11.8 Å². The van der Waals surface area contributed by atoms with Crippen molar-refractivity contribution in [3.8, 4) is 5.75 Å². The molecule has 0 fully saturated rings. The molecule has 0 saturated carbocycles. The maximum atomic E-state index is 12.4. The summed E-state index contributed by atoms with van der Waals surface area (Å²) in [6, 6.07) is 12.0. The molecule has 0 saturated heterocycles. The number of fused-ring (bicyclic) bond motifs is 1. The Morgan fingerprint density at radius 2 is 1.96 bits per heavy atom. The van der Waals surface area contributed by atoms with Crippen molar-refractivity contribution in [2.75, 3.05) is 29.5 Å². The van der Waals surface area contributed by atoms with E-state index in [1.165, 1.54) is 11.8 Å². The van der Waals surface area contributed by atoms with E-state index in [9.17, 15) is 14.4 Å². The molecule has 140 valence electrons. The summed E-state index contributed by atoms with van der Waals surface area (Å²) in [7, 11) is 0. The number of benzene rings is 2. The maximum Gasteiger partial charge on any atom is 0.257 e. The molecule has 0 aliphatic carbocycles. The number of amides is 3. The molecule has 2 aromatic rings. The van der Waals surface area contributed by atoms with Crippen LogP contribution in [0.4, 0.5) is 11.4 Å². The van der Waals surface area contributed by atoms with Gasteiger partial charge in [-0.2, -0.15) is 0 Å². The first-order chi connectivity index (χ1) is 13.0. The van der Waals surface area contributed by atoms with Crippen molar-refractivity contribution in [2.24, 2.45) is 0 Å². The Balaban J connectivity index is 1.60. The van der Waals surface area contributed by atoms with E-state index in [2.05, 4.69) is 16.0 Å². The lowest BCUT2D eigenvalue weighted by molar-refractivity contribution is -0.123. The molecule has 1 heterocycles. The van der Waals surface area contributed by atoms with Crippen LogP contribution in [0.25, 0.3) is 0 Å². The van der Waals surface area contributed by atoms with Crippen LogP contribution in [0.1, 0.15) is 17.3 Å². The lowest BCUT2D eigenvalue weighted by Crippen LogP contribution is -2.28. The van der Waals surface area contributed by atoms with Crippen LogP contribution in [-0.2, 0) is 9.59 Å². The van der Waals surface area contributed by atoms with Gasteiger partial charge in [0.05, 0.1) is 11.4 Å². The Hall–Kier alpha value is -3.00. The predicted octanol–water partition coefficient (Wildman–Crippen LogP) is 2.50. The third-order valence-electron chi connectivity index (χ3n) is 3.73. The zero-order valence-electron chi connectivity index (χ0n) is 14.7. The zero-order valence-corrected chi connectivity index (χ0v) is 15.5. The van der Waals surface area contributed by atoms with Gasteiger partial charge in [0.2, 0.25) is 5.91 Å². The van der Waals surface area contributed by atoms with Gasteiger partial charge in [-0.3, -0.25) is 14.4 Å². The highest BCUT2D eigenvalue weighted by Gasteiger charge is 2.17. The zero-order chi connectivity index (χ0) is 19.2. The molecule has 0 radical (unpaired) electrons. The largest absolute Gasteiger partial charge is 0.484 e. The molecule has 1 aliphatic heterocycles. The van der Waals surface area contributed by atoms with E-state index in [4.69, 9.17) is 4.74 Å². The first kappa shape index (κ1) is 18.8. The molecule has 27 heavy (non-hydrogen) atoms. The monoisotopic (exact) mass is 385 g/mol. The van der Waals surface area contributed by atoms with Crippen LogP contribution in [0.2, 0.25) is 0 Å². The van der Waals surface area contributed by atoms with Crippen LogP contribution in [-0.4, -0.2) is 36.6 Å². The third-order valence-corrected chi connectivity index (χ3v) is 4.80. The summed E-state index contributed by atoms with van der Waals surface area (Å²) >= 11 is 1.45. The number of thioether (sulfide) groups is 1. The molecule has 3 N–H and O–H groups in total. The molecule has 0 unspecified atom stereocenters. The second-order valence-corrected chi connectivity index (χ2v) is 6.79. The summed E-state index contributed by atoms with van der Waals surface area (Å²) in [5.41, 5.74) is 1.70. The fourth-order valence-electron chi connectivity index (χ4n) is 2.46. The van der Waals surface area contributed by atoms with Gasteiger partial charge in [0, 0.05) is 22.7 Å². The fraction of sp³-hybridized carbons (Fsp3) is 0.211. The van der Waals surface area contributed by atoms with E-state index in [0.717, 1.165) is 4.90 Å². The summed E-state index contributed by atoms with van der Waals surface area (Å²) in [4.78, 5) is 36.3. The van der Waals surface area contributed by atoms with E-state index in [0.29, 0.717) is 35.0 Å². The summed E-state index contributed by atoms with van der Waals surface area (Å²) in [5, 5.41) is 8.21. The van der Waals surface area contributed by atoms with Crippen molar-refractivity contribution >= 4 is 40.9 Å². The van der Waals surface area contributed by atoms with Gasteiger partial charge in [0.1, 0.15) is 5.75 Å². The molecular weight excluding hydrogens is 366 g/mol. The number of carbonyl (C=O) groups is 3. The van der Waals surface area contributed by atoms with E-state index in [-0.39, 0.29) is 24.3 Å². The lowest BCUT2D eigenvalue weighted by atomic mass is 10.1. The normalized spacial score (nSPS) is 12.6. The topological polar surface area (TPSA) is 96.5 Å². The van der Waals surface area contributed by atoms with Crippen LogP contribution in [0.5, 0.6) is 5.75 Å². The van der Waals surface area contributed by atoms with Gasteiger partial charge in [-0.1, -0.05) is 0 Å².